The Labute approximate surface area is 116 Å². The van der Waals surface area contributed by atoms with E-state index < -0.39 is 0 Å². The maximum absolute atomic E-state index is 13.0. The van der Waals surface area contributed by atoms with E-state index in [-0.39, 0.29) is 23.3 Å². The second-order valence-corrected chi connectivity index (χ2v) is 6.08. The predicted octanol–water partition coefficient (Wildman–Crippen LogP) is 3.93. The van der Waals surface area contributed by atoms with E-state index in [0.29, 0.717) is 6.61 Å². The maximum atomic E-state index is 13.0. The third kappa shape index (κ3) is 5.29. The molecule has 19 heavy (non-hydrogen) atoms. The van der Waals surface area contributed by atoms with Crippen molar-refractivity contribution in [3.05, 3.63) is 35.6 Å². The molecule has 1 aromatic rings. The molecule has 0 radical (unpaired) electrons. The number of benzene rings is 1. The average molecular weight is 267 g/mol. The van der Waals surface area contributed by atoms with Crippen molar-refractivity contribution in [1.29, 1.82) is 0 Å². The van der Waals surface area contributed by atoms with Crippen LogP contribution in [0.25, 0.3) is 0 Å². The lowest BCUT2D eigenvalue weighted by atomic mass is 9.82. The lowest BCUT2D eigenvalue weighted by Gasteiger charge is -2.34. The van der Waals surface area contributed by atoms with Crippen molar-refractivity contribution < 1.29 is 9.13 Å². The number of hydrogen-bond donors (Lipinski definition) is 1. The van der Waals surface area contributed by atoms with E-state index in [2.05, 4.69) is 33.0 Å². The first kappa shape index (κ1) is 16.1. The molecule has 3 heteroatoms. The van der Waals surface area contributed by atoms with Crippen LogP contribution in [0.3, 0.4) is 0 Å². The van der Waals surface area contributed by atoms with Gasteiger partial charge in [0.05, 0.1) is 6.61 Å². The Morgan fingerprint density at radius 2 is 1.79 bits per heavy atom. The molecule has 0 spiro atoms. The summed E-state index contributed by atoms with van der Waals surface area (Å²) in [6.07, 6.45) is 0. The zero-order chi connectivity index (χ0) is 14.5. The van der Waals surface area contributed by atoms with Gasteiger partial charge in [-0.15, -0.1) is 0 Å². The molecule has 0 fully saturated rings. The summed E-state index contributed by atoms with van der Waals surface area (Å²) in [6, 6.07) is 7.17. The van der Waals surface area contributed by atoms with Crippen LogP contribution in [-0.2, 0) is 4.74 Å². The highest BCUT2D eigenvalue weighted by atomic mass is 19.1. The van der Waals surface area contributed by atoms with Crippen LogP contribution in [0, 0.1) is 11.2 Å². The molecular formula is C16H26FNO. The van der Waals surface area contributed by atoms with Crippen LogP contribution < -0.4 is 5.32 Å². The van der Waals surface area contributed by atoms with Crippen molar-refractivity contribution in [1.82, 2.24) is 5.32 Å². The smallest absolute Gasteiger partial charge is 0.123 e. The standard InChI is InChI=1S/C16H26FNO/c1-6-19-11-12(2)18-15(16(3,4)5)13-7-9-14(17)10-8-13/h7-10,12,15,18H,6,11H2,1-5H3. The van der Waals surface area contributed by atoms with Gasteiger partial charge in [-0.1, -0.05) is 32.9 Å². The number of rotatable bonds is 6. The Bertz CT molecular complexity index is 369. The highest BCUT2D eigenvalue weighted by Gasteiger charge is 2.27. The van der Waals surface area contributed by atoms with Gasteiger partial charge in [0.25, 0.3) is 0 Å². The monoisotopic (exact) mass is 267 g/mol. The van der Waals surface area contributed by atoms with Gasteiger partial charge in [0.15, 0.2) is 0 Å². The van der Waals surface area contributed by atoms with E-state index in [1.54, 1.807) is 0 Å². The SMILES string of the molecule is CCOCC(C)NC(c1ccc(F)cc1)C(C)(C)C. The van der Waals surface area contributed by atoms with Crippen LogP contribution in [0.5, 0.6) is 0 Å². The summed E-state index contributed by atoms with van der Waals surface area (Å²) >= 11 is 0. The Hall–Kier alpha value is -0.930. The Kier molecular flexibility index (Phi) is 5.95. The van der Waals surface area contributed by atoms with Crippen molar-refractivity contribution in [2.75, 3.05) is 13.2 Å². The molecule has 1 rings (SSSR count). The molecule has 0 aliphatic rings. The Morgan fingerprint density at radius 3 is 2.26 bits per heavy atom. The molecule has 2 unspecified atom stereocenters. The summed E-state index contributed by atoms with van der Waals surface area (Å²) in [5, 5.41) is 3.58. The minimum absolute atomic E-state index is 0.0539. The van der Waals surface area contributed by atoms with Gasteiger partial charge in [0, 0.05) is 18.7 Å². The first-order valence-corrected chi connectivity index (χ1v) is 6.94. The normalized spacial score (nSPS) is 15.3. The van der Waals surface area contributed by atoms with Gasteiger partial charge in [0.1, 0.15) is 5.82 Å². The number of halogens is 1. The maximum Gasteiger partial charge on any atom is 0.123 e. The molecule has 0 heterocycles. The van der Waals surface area contributed by atoms with Crippen molar-refractivity contribution >= 4 is 0 Å². The van der Waals surface area contributed by atoms with E-state index >= 15 is 0 Å². The summed E-state index contributed by atoms with van der Waals surface area (Å²) in [6.45, 7) is 12.1. The van der Waals surface area contributed by atoms with Crippen molar-refractivity contribution in [2.45, 2.75) is 46.7 Å². The average Bonchev–Trinajstić information content (AvgIpc) is 2.33. The van der Waals surface area contributed by atoms with E-state index in [9.17, 15) is 4.39 Å². The third-order valence-corrected chi connectivity index (χ3v) is 3.09. The molecule has 1 aromatic carbocycles. The molecule has 0 aliphatic carbocycles. The summed E-state index contributed by atoms with van der Waals surface area (Å²) in [5.74, 6) is -0.196. The fraction of sp³-hybridized carbons (Fsp3) is 0.625. The zero-order valence-electron chi connectivity index (χ0n) is 12.7. The second-order valence-electron chi connectivity index (χ2n) is 6.08. The summed E-state index contributed by atoms with van der Waals surface area (Å²) in [5.41, 5.74) is 1.16. The number of ether oxygens (including phenoxy) is 1. The molecule has 2 nitrogen and oxygen atoms in total. The molecule has 0 aliphatic heterocycles. The van der Waals surface area contributed by atoms with Crippen LogP contribution in [0.2, 0.25) is 0 Å². The molecule has 0 saturated carbocycles. The van der Waals surface area contributed by atoms with Gasteiger partial charge in [0.2, 0.25) is 0 Å². The Morgan fingerprint density at radius 1 is 1.21 bits per heavy atom. The van der Waals surface area contributed by atoms with Gasteiger partial charge in [-0.25, -0.2) is 4.39 Å². The predicted molar refractivity (Wildman–Crippen MR) is 77.7 cm³/mol. The fourth-order valence-electron chi connectivity index (χ4n) is 2.13. The third-order valence-electron chi connectivity index (χ3n) is 3.09. The molecule has 108 valence electrons. The molecular weight excluding hydrogens is 241 g/mol. The molecule has 0 saturated heterocycles. The zero-order valence-corrected chi connectivity index (χ0v) is 12.7. The van der Waals surface area contributed by atoms with Crippen LogP contribution in [-0.4, -0.2) is 19.3 Å². The van der Waals surface area contributed by atoms with Crippen molar-refractivity contribution in [3.63, 3.8) is 0 Å². The highest BCUT2D eigenvalue weighted by molar-refractivity contribution is 5.21. The van der Waals surface area contributed by atoms with Gasteiger partial charge in [-0.2, -0.15) is 0 Å². The quantitative estimate of drug-likeness (QED) is 0.843. The van der Waals surface area contributed by atoms with Crippen molar-refractivity contribution in [3.8, 4) is 0 Å². The van der Waals surface area contributed by atoms with E-state index in [0.717, 1.165) is 12.2 Å². The first-order valence-electron chi connectivity index (χ1n) is 6.94. The lowest BCUT2D eigenvalue weighted by Crippen LogP contribution is -2.40. The molecule has 0 bridgehead atoms. The summed E-state index contributed by atoms with van der Waals surface area (Å²) in [7, 11) is 0. The summed E-state index contributed by atoms with van der Waals surface area (Å²) < 4.78 is 18.5. The largest absolute Gasteiger partial charge is 0.380 e. The first-order chi connectivity index (χ1) is 8.84. The van der Waals surface area contributed by atoms with Gasteiger partial charge in [-0.05, 0) is 37.0 Å². The van der Waals surface area contributed by atoms with Gasteiger partial charge >= 0.3 is 0 Å². The van der Waals surface area contributed by atoms with Crippen LogP contribution in [0.15, 0.2) is 24.3 Å². The minimum atomic E-state index is -0.196. The van der Waals surface area contributed by atoms with E-state index in [4.69, 9.17) is 4.74 Å². The molecule has 2 atom stereocenters. The van der Waals surface area contributed by atoms with Crippen molar-refractivity contribution in [2.24, 2.45) is 5.41 Å². The second kappa shape index (κ2) is 7.01. The van der Waals surface area contributed by atoms with Crippen LogP contribution >= 0.6 is 0 Å². The van der Waals surface area contributed by atoms with Crippen LogP contribution in [0.4, 0.5) is 4.39 Å². The topological polar surface area (TPSA) is 21.3 Å². The molecule has 0 amide bonds. The number of hydrogen-bond acceptors (Lipinski definition) is 2. The van der Waals surface area contributed by atoms with Gasteiger partial charge in [-0.3, -0.25) is 0 Å². The fourth-order valence-corrected chi connectivity index (χ4v) is 2.13. The lowest BCUT2D eigenvalue weighted by molar-refractivity contribution is 0.114. The van der Waals surface area contributed by atoms with Gasteiger partial charge < -0.3 is 10.1 Å². The molecule has 1 N–H and O–H groups in total. The highest BCUT2D eigenvalue weighted by Crippen LogP contribution is 2.33. The molecule has 0 aromatic heterocycles. The number of nitrogens with one attached hydrogen (secondary N) is 1. The van der Waals surface area contributed by atoms with E-state index in [1.807, 2.05) is 19.1 Å². The van der Waals surface area contributed by atoms with Crippen LogP contribution in [0.1, 0.15) is 46.2 Å². The Balaban J connectivity index is 2.81. The summed E-state index contributed by atoms with van der Waals surface area (Å²) in [4.78, 5) is 0. The minimum Gasteiger partial charge on any atom is -0.380 e. The van der Waals surface area contributed by atoms with E-state index in [1.165, 1.54) is 12.1 Å².